The molecule has 6 nitrogen and oxygen atoms in total. The Morgan fingerprint density at radius 1 is 1.07 bits per heavy atom. The number of nitriles is 1. The highest BCUT2D eigenvalue weighted by Crippen LogP contribution is 2.32. The SMILES string of the molecule is COCCOCOc1c(F)cccc1/C=C(\C#N)c1ccc(OC)c(OC)c1. The summed E-state index contributed by atoms with van der Waals surface area (Å²) >= 11 is 0. The highest BCUT2D eigenvalue weighted by molar-refractivity contribution is 5.91. The van der Waals surface area contributed by atoms with Gasteiger partial charge in [0.15, 0.2) is 29.9 Å². The second-order valence-corrected chi connectivity index (χ2v) is 5.56. The zero-order valence-corrected chi connectivity index (χ0v) is 16.0. The normalized spacial score (nSPS) is 11.0. The highest BCUT2D eigenvalue weighted by Gasteiger charge is 2.12. The number of hydrogen-bond acceptors (Lipinski definition) is 6. The van der Waals surface area contributed by atoms with Crippen LogP contribution in [0.15, 0.2) is 36.4 Å². The Bertz CT molecular complexity index is 860. The lowest BCUT2D eigenvalue weighted by Crippen LogP contribution is -2.09. The first kappa shape index (κ1) is 21.2. The maximum atomic E-state index is 14.2. The molecule has 28 heavy (non-hydrogen) atoms. The second-order valence-electron chi connectivity index (χ2n) is 5.56. The van der Waals surface area contributed by atoms with Gasteiger partial charge in [-0.2, -0.15) is 5.26 Å². The van der Waals surface area contributed by atoms with Crippen molar-refractivity contribution < 1.29 is 28.1 Å². The monoisotopic (exact) mass is 387 g/mol. The molecule has 2 aromatic rings. The molecular weight excluding hydrogens is 365 g/mol. The predicted octanol–water partition coefficient (Wildman–Crippen LogP) is 3.91. The van der Waals surface area contributed by atoms with Crippen LogP contribution in [0.25, 0.3) is 11.6 Å². The fourth-order valence-corrected chi connectivity index (χ4v) is 2.43. The van der Waals surface area contributed by atoms with Crippen LogP contribution in [0.3, 0.4) is 0 Å². The molecule has 0 N–H and O–H groups in total. The molecule has 0 unspecified atom stereocenters. The van der Waals surface area contributed by atoms with Gasteiger partial charge >= 0.3 is 0 Å². The Morgan fingerprint density at radius 3 is 2.54 bits per heavy atom. The molecular formula is C21H22FNO5. The van der Waals surface area contributed by atoms with Crippen molar-refractivity contribution in [2.45, 2.75) is 0 Å². The van der Waals surface area contributed by atoms with Gasteiger partial charge in [0, 0.05) is 12.7 Å². The van der Waals surface area contributed by atoms with Gasteiger partial charge in [0.25, 0.3) is 0 Å². The molecule has 0 bridgehead atoms. The van der Waals surface area contributed by atoms with Crippen molar-refractivity contribution in [1.82, 2.24) is 0 Å². The summed E-state index contributed by atoms with van der Waals surface area (Å²) in [4.78, 5) is 0. The third-order valence-electron chi connectivity index (χ3n) is 3.83. The van der Waals surface area contributed by atoms with Crippen LogP contribution in [0.4, 0.5) is 4.39 Å². The van der Waals surface area contributed by atoms with E-state index in [-0.39, 0.29) is 12.5 Å². The smallest absolute Gasteiger partial charge is 0.189 e. The summed E-state index contributed by atoms with van der Waals surface area (Å²) in [6.07, 6.45) is 1.55. The summed E-state index contributed by atoms with van der Waals surface area (Å²) in [5.74, 6) is 0.497. The minimum Gasteiger partial charge on any atom is -0.493 e. The van der Waals surface area contributed by atoms with E-state index < -0.39 is 5.82 Å². The molecule has 0 fully saturated rings. The lowest BCUT2D eigenvalue weighted by Gasteiger charge is -2.12. The summed E-state index contributed by atoms with van der Waals surface area (Å²) in [5, 5.41) is 9.60. The molecule has 0 heterocycles. The maximum Gasteiger partial charge on any atom is 0.189 e. The van der Waals surface area contributed by atoms with Gasteiger partial charge in [0.2, 0.25) is 0 Å². The van der Waals surface area contributed by atoms with E-state index in [1.165, 1.54) is 20.3 Å². The summed E-state index contributed by atoms with van der Waals surface area (Å²) in [5.41, 5.74) is 1.34. The number of benzene rings is 2. The molecule has 0 saturated carbocycles. The number of allylic oxidation sites excluding steroid dienone is 1. The predicted molar refractivity (Wildman–Crippen MR) is 103 cm³/mol. The molecule has 0 saturated heterocycles. The molecule has 7 heteroatoms. The van der Waals surface area contributed by atoms with Crippen LogP contribution in [-0.4, -0.2) is 41.3 Å². The standard InChI is InChI=1S/C21H22FNO5/c1-24-9-10-27-14-28-21-16(5-4-6-18(21)22)11-17(13-23)15-7-8-19(25-2)20(12-15)26-3/h4-8,11-12H,9-10,14H2,1-3H3/b17-11+. The fourth-order valence-electron chi connectivity index (χ4n) is 2.43. The molecule has 0 aliphatic heterocycles. The number of rotatable bonds is 10. The van der Waals surface area contributed by atoms with Gasteiger partial charge in [-0.1, -0.05) is 12.1 Å². The van der Waals surface area contributed by atoms with E-state index in [4.69, 9.17) is 23.7 Å². The third kappa shape index (κ3) is 5.46. The van der Waals surface area contributed by atoms with Crippen LogP contribution in [0.2, 0.25) is 0 Å². The molecule has 2 aromatic carbocycles. The van der Waals surface area contributed by atoms with Crippen molar-refractivity contribution in [2.75, 3.05) is 41.3 Å². The first-order chi connectivity index (χ1) is 13.6. The van der Waals surface area contributed by atoms with Gasteiger partial charge in [-0.3, -0.25) is 0 Å². The van der Waals surface area contributed by atoms with Crippen molar-refractivity contribution in [3.63, 3.8) is 0 Å². The summed E-state index contributed by atoms with van der Waals surface area (Å²) < 4.78 is 40.3. The van der Waals surface area contributed by atoms with Crippen molar-refractivity contribution in [1.29, 1.82) is 5.26 Å². The number of nitrogens with zero attached hydrogens (tertiary/aromatic N) is 1. The van der Waals surface area contributed by atoms with Gasteiger partial charge in [-0.25, -0.2) is 4.39 Å². The Hall–Kier alpha value is -3.08. The first-order valence-corrected chi connectivity index (χ1v) is 8.46. The van der Waals surface area contributed by atoms with E-state index in [0.29, 0.717) is 41.4 Å². The molecule has 0 aromatic heterocycles. The summed E-state index contributed by atoms with van der Waals surface area (Å²) in [6.45, 7) is 0.597. The Balaban J connectivity index is 2.31. The van der Waals surface area contributed by atoms with E-state index in [0.717, 1.165) is 0 Å². The van der Waals surface area contributed by atoms with E-state index in [2.05, 4.69) is 6.07 Å². The van der Waals surface area contributed by atoms with Crippen molar-refractivity contribution in [2.24, 2.45) is 0 Å². The molecule has 148 valence electrons. The zero-order valence-electron chi connectivity index (χ0n) is 16.0. The number of hydrogen-bond donors (Lipinski definition) is 0. The van der Waals surface area contributed by atoms with Crippen molar-refractivity contribution in [3.8, 4) is 23.3 Å². The Kier molecular flexibility index (Phi) is 8.28. The van der Waals surface area contributed by atoms with E-state index >= 15 is 0 Å². The van der Waals surface area contributed by atoms with Gasteiger partial charge in [0.1, 0.15) is 0 Å². The Morgan fingerprint density at radius 2 is 1.86 bits per heavy atom. The minimum absolute atomic E-state index is 0.00754. The van der Waals surface area contributed by atoms with E-state index in [1.807, 2.05) is 0 Å². The quantitative estimate of drug-likeness (QED) is 0.266. The maximum absolute atomic E-state index is 14.2. The van der Waals surface area contributed by atoms with E-state index in [9.17, 15) is 9.65 Å². The van der Waals surface area contributed by atoms with Crippen molar-refractivity contribution in [3.05, 3.63) is 53.3 Å². The zero-order chi connectivity index (χ0) is 20.4. The van der Waals surface area contributed by atoms with Crippen LogP contribution in [0, 0.1) is 17.1 Å². The van der Waals surface area contributed by atoms with Crippen LogP contribution < -0.4 is 14.2 Å². The molecule has 2 rings (SSSR count). The largest absolute Gasteiger partial charge is 0.493 e. The molecule has 0 aliphatic carbocycles. The molecule has 0 spiro atoms. The van der Waals surface area contributed by atoms with Crippen LogP contribution in [-0.2, 0) is 9.47 Å². The lowest BCUT2D eigenvalue weighted by molar-refractivity contribution is -0.0101. The fraction of sp³-hybridized carbons (Fsp3) is 0.286. The highest BCUT2D eigenvalue weighted by atomic mass is 19.1. The van der Waals surface area contributed by atoms with Gasteiger partial charge in [-0.15, -0.1) is 0 Å². The van der Waals surface area contributed by atoms with E-state index in [1.54, 1.807) is 43.5 Å². The van der Waals surface area contributed by atoms with Gasteiger partial charge in [-0.05, 0) is 35.9 Å². The second kappa shape index (κ2) is 10.9. The van der Waals surface area contributed by atoms with Gasteiger partial charge < -0.3 is 23.7 Å². The number of ether oxygens (including phenoxy) is 5. The lowest BCUT2D eigenvalue weighted by atomic mass is 10.0. The van der Waals surface area contributed by atoms with Crippen molar-refractivity contribution >= 4 is 11.6 Å². The molecule has 0 atom stereocenters. The molecule has 0 radical (unpaired) electrons. The average Bonchev–Trinajstić information content (AvgIpc) is 2.72. The minimum atomic E-state index is -0.548. The van der Waals surface area contributed by atoms with Crippen LogP contribution >= 0.6 is 0 Å². The third-order valence-corrected chi connectivity index (χ3v) is 3.83. The number of para-hydroxylation sites is 1. The summed E-state index contributed by atoms with van der Waals surface area (Å²) in [6, 6.07) is 11.7. The van der Waals surface area contributed by atoms with Crippen LogP contribution in [0.5, 0.6) is 17.2 Å². The number of methoxy groups -OCH3 is 3. The molecule has 0 aliphatic rings. The van der Waals surface area contributed by atoms with Gasteiger partial charge in [0.05, 0.1) is 39.1 Å². The van der Waals surface area contributed by atoms with Crippen LogP contribution in [0.1, 0.15) is 11.1 Å². The average molecular weight is 387 g/mol. The first-order valence-electron chi connectivity index (χ1n) is 8.46. The Labute approximate surface area is 163 Å². The topological polar surface area (TPSA) is 69.9 Å². The summed E-state index contributed by atoms with van der Waals surface area (Å²) in [7, 11) is 4.60. The molecule has 0 amide bonds. The number of halogens is 1.